The fourth-order valence-corrected chi connectivity index (χ4v) is 2.88. The number of aryl methyl sites for hydroxylation is 3. The number of guanidine groups is 1. The quantitative estimate of drug-likeness (QED) is 0.233. The normalized spacial score (nSPS) is 11.1. The number of halogens is 1. The Morgan fingerprint density at radius 1 is 1.21 bits per heavy atom. The number of nitrogens with zero attached hydrogens (tertiary/aromatic N) is 2. The van der Waals surface area contributed by atoms with Crippen LogP contribution < -0.4 is 15.4 Å². The molecule has 0 radical (unpaired) electrons. The van der Waals surface area contributed by atoms with Crippen LogP contribution >= 0.6 is 24.0 Å². The molecular weight excluding hydrogens is 467 g/mol. The van der Waals surface area contributed by atoms with E-state index in [1.165, 1.54) is 11.1 Å². The number of nitrogens with one attached hydrogen (secondary N) is 2. The Labute approximate surface area is 185 Å². The number of aliphatic imine (C=N–C) groups is 1. The van der Waals surface area contributed by atoms with Crippen LogP contribution in [0.15, 0.2) is 27.7 Å². The van der Waals surface area contributed by atoms with E-state index in [4.69, 9.17) is 9.26 Å². The highest BCUT2D eigenvalue weighted by molar-refractivity contribution is 14.0. The summed E-state index contributed by atoms with van der Waals surface area (Å²) in [5.74, 6) is 2.64. The average Bonchev–Trinajstić information content (AvgIpc) is 2.98. The summed E-state index contributed by atoms with van der Waals surface area (Å²) in [5, 5.41) is 10.7. The van der Waals surface area contributed by atoms with Crippen molar-refractivity contribution < 1.29 is 9.26 Å². The van der Waals surface area contributed by atoms with Crippen LogP contribution in [0.2, 0.25) is 0 Å². The highest BCUT2D eigenvalue weighted by atomic mass is 127. The van der Waals surface area contributed by atoms with Gasteiger partial charge in [-0.25, -0.2) is 0 Å². The minimum Gasteiger partial charge on any atom is -0.493 e. The molecular formula is C21H33IN4O2. The Morgan fingerprint density at radius 2 is 2.00 bits per heavy atom. The molecule has 0 saturated heterocycles. The number of benzene rings is 1. The lowest BCUT2D eigenvalue weighted by Crippen LogP contribution is -2.37. The third-order valence-electron chi connectivity index (χ3n) is 4.43. The lowest BCUT2D eigenvalue weighted by Gasteiger charge is -2.15. The highest BCUT2D eigenvalue weighted by Gasteiger charge is 2.09. The van der Waals surface area contributed by atoms with Crippen molar-refractivity contribution in [3.05, 3.63) is 46.3 Å². The summed E-state index contributed by atoms with van der Waals surface area (Å²) in [7, 11) is 1.78. The van der Waals surface area contributed by atoms with Crippen LogP contribution in [0, 0.1) is 20.8 Å². The molecule has 7 heteroatoms. The van der Waals surface area contributed by atoms with Crippen molar-refractivity contribution in [1.29, 1.82) is 0 Å². The standard InChI is InChI=1S/C21H32N4O2.HI/c1-6-12-26-20-13-15(2)9-10-18(20)14-24-21(22-5)23-11-7-8-19-16(3)25-27-17(19)4;/h9-10,13H,6-8,11-12,14H2,1-5H3,(H2,22,23,24);1H. The number of hydrogen-bond donors (Lipinski definition) is 2. The number of rotatable bonds is 9. The first-order valence-electron chi connectivity index (χ1n) is 9.63. The van der Waals surface area contributed by atoms with Gasteiger partial charge in [-0.15, -0.1) is 24.0 Å². The molecule has 2 aromatic rings. The molecule has 0 bridgehead atoms. The summed E-state index contributed by atoms with van der Waals surface area (Å²) in [5.41, 5.74) is 4.52. The van der Waals surface area contributed by atoms with E-state index in [-0.39, 0.29) is 24.0 Å². The second-order valence-electron chi connectivity index (χ2n) is 6.72. The molecule has 0 aliphatic heterocycles. The van der Waals surface area contributed by atoms with E-state index in [0.29, 0.717) is 6.54 Å². The van der Waals surface area contributed by atoms with Gasteiger partial charge in [0.05, 0.1) is 12.3 Å². The van der Waals surface area contributed by atoms with Gasteiger partial charge in [-0.2, -0.15) is 0 Å². The van der Waals surface area contributed by atoms with Gasteiger partial charge >= 0.3 is 0 Å². The first-order valence-corrected chi connectivity index (χ1v) is 9.63. The van der Waals surface area contributed by atoms with E-state index in [1.54, 1.807) is 7.05 Å². The minimum atomic E-state index is 0. The van der Waals surface area contributed by atoms with Crippen LogP contribution in [0.4, 0.5) is 0 Å². The van der Waals surface area contributed by atoms with Crippen molar-refractivity contribution in [3.8, 4) is 5.75 Å². The van der Waals surface area contributed by atoms with Crippen molar-refractivity contribution in [2.75, 3.05) is 20.2 Å². The van der Waals surface area contributed by atoms with Gasteiger partial charge in [-0.05, 0) is 51.7 Å². The molecule has 0 unspecified atom stereocenters. The zero-order valence-electron chi connectivity index (χ0n) is 17.6. The molecule has 0 saturated carbocycles. The van der Waals surface area contributed by atoms with Crippen LogP contribution in [-0.2, 0) is 13.0 Å². The Bertz CT molecular complexity index is 739. The van der Waals surface area contributed by atoms with Gasteiger partial charge in [-0.3, -0.25) is 4.99 Å². The second-order valence-corrected chi connectivity index (χ2v) is 6.72. The largest absolute Gasteiger partial charge is 0.493 e. The summed E-state index contributed by atoms with van der Waals surface area (Å²) in [6, 6.07) is 6.31. The van der Waals surface area contributed by atoms with Gasteiger partial charge < -0.3 is 19.9 Å². The second kappa shape index (κ2) is 12.6. The Kier molecular flexibility index (Phi) is 11.0. The molecule has 0 fully saturated rings. The van der Waals surface area contributed by atoms with E-state index >= 15 is 0 Å². The van der Waals surface area contributed by atoms with Crippen molar-refractivity contribution in [2.45, 2.75) is 53.5 Å². The molecule has 0 aliphatic carbocycles. The van der Waals surface area contributed by atoms with Crippen LogP contribution in [0.3, 0.4) is 0 Å². The Hall–Kier alpha value is -1.77. The van der Waals surface area contributed by atoms with Crippen molar-refractivity contribution >= 4 is 29.9 Å². The average molecular weight is 500 g/mol. The van der Waals surface area contributed by atoms with Gasteiger partial charge in [0.2, 0.25) is 0 Å². The van der Waals surface area contributed by atoms with Crippen LogP contribution in [0.5, 0.6) is 5.75 Å². The summed E-state index contributed by atoms with van der Waals surface area (Å²) in [6.45, 7) is 10.4. The van der Waals surface area contributed by atoms with E-state index in [2.05, 4.69) is 52.8 Å². The summed E-state index contributed by atoms with van der Waals surface area (Å²) in [6.07, 6.45) is 2.92. The maximum Gasteiger partial charge on any atom is 0.191 e. The van der Waals surface area contributed by atoms with Gasteiger partial charge in [0.1, 0.15) is 11.5 Å². The molecule has 0 spiro atoms. The molecule has 2 N–H and O–H groups in total. The van der Waals surface area contributed by atoms with Gasteiger partial charge in [0, 0.05) is 31.3 Å². The van der Waals surface area contributed by atoms with Crippen molar-refractivity contribution in [3.63, 3.8) is 0 Å². The predicted octanol–water partition coefficient (Wildman–Crippen LogP) is 4.30. The summed E-state index contributed by atoms with van der Waals surface area (Å²) in [4.78, 5) is 4.30. The van der Waals surface area contributed by atoms with E-state index in [0.717, 1.165) is 61.1 Å². The van der Waals surface area contributed by atoms with Gasteiger partial charge in [0.15, 0.2) is 5.96 Å². The maximum atomic E-state index is 5.88. The molecule has 0 amide bonds. The third kappa shape index (κ3) is 7.33. The van der Waals surface area contributed by atoms with E-state index in [9.17, 15) is 0 Å². The molecule has 1 aromatic carbocycles. The molecule has 1 aromatic heterocycles. The summed E-state index contributed by atoms with van der Waals surface area (Å²) < 4.78 is 11.1. The fraction of sp³-hybridized carbons (Fsp3) is 0.524. The minimum absolute atomic E-state index is 0. The lowest BCUT2D eigenvalue weighted by atomic mass is 10.1. The van der Waals surface area contributed by atoms with Gasteiger partial charge in [0.25, 0.3) is 0 Å². The Morgan fingerprint density at radius 3 is 2.64 bits per heavy atom. The first-order chi connectivity index (χ1) is 13.0. The lowest BCUT2D eigenvalue weighted by molar-refractivity contribution is 0.313. The molecule has 28 heavy (non-hydrogen) atoms. The molecule has 1 heterocycles. The fourth-order valence-electron chi connectivity index (χ4n) is 2.88. The SMILES string of the molecule is CCCOc1cc(C)ccc1CNC(=NC)NCCCc1c(C)noc1C.I. The first kappa shape index (κ1) is 24.3. The Balaban J connectivity index is 0.00000392. The van der Waals surface area contributed by atoms with Crippen LogP contribution in [-0.4, -0.2) is 31.3 Å². The molecule has 6 nitrogen and oxygen atoms in total. The number of aromatic nitrogens is 1. The molecule has 2 rings (SSSR count). The number of ether oxygens (including phenoxy) is 1. The zero-order chi connectivity index (χ0) is 19.6. The smallest absolute Gasteiger partial charge is 0.191 e. The van der Waals surface area contributed by atoms with Crippen molar-refractivity contribution in [1.82, 2.24) is 15.8 Å². The zero-order valence-corrected chi connectivity index (χ0v) is 19.9. The van der Waals surface area contributed by atoms with Gasteiger partial charge in [-0.1, -0.05) is 24.2 Å². The van der Waals surface area contributed by atoms with Crippen molar-refractivity contribution in [2.24, 2.45) is 4.99 Å². The molecule has 0 atom stereocenters. The van der Waals surface area contributed by atoms with E-state index < -0.39 is 0 Å². The van der Waals surface area contributed by atoms with Crippen LogP contribution in [0.25, 0.3) is 0 Å². The molecule has 156 valence electrons. The summed E-state index contributed by atoms with van der Waals surface area (Å²) >= 11 is 0. The maximum absolute atomic E-state index is 5.88. The van der Waals surface area contributed by atoms with Crippen LogP contribution in [0.1, 0.15) is 47.9 Å². The topological polar surface area (TPSA) is 71.7 Å². The monoisotopic (exact) mass is 500 g/mol. The van der Waals surface area contributed by atoms with E-state index in [1.807, 2.05) is 13.8 Å². The third-order valence-corrected chi connectivity index (χ3v) is 4.43. The number of hydrogen-bond acceptors (Lipinski definition) is 4. The highest BCUT2D eigenvalue weighted by Crippen LogP contribution is 2.20. The predicted molar refractivity (Wildman–Crippen MR) is 125 cm³/mol. The molecule has 0 aliphatic rings.